The molecular formula is C18H22ClFN4O2. The highest BCUT2D eigenvalue weighted by atomic mass is 35.5. The smallest absolute Gasteiger partial charge is 0.410 e. The van der Waals surface area contributed by atoms with Crippen LogP contribution in [0.25, 0.3) is 10.9 Å². The van der Waals surface area contributed by atoms with Crippen LogP contribution in [0.2, 0.25) is 5.02 Å². The number of fused-ring (bicyclic) bond motifs is 1. The molecule has 0 spiro atoms. The number of alkyl halides is 1. The van der Waals surface area contributed by atoms with Gasteiger partial charge in [-0.3, -0.25) is 0 Å². The first-order valence-electron chi connectivity index (χ1n) is 8.48. The normalized spacial score (nSPS) is 21.0. The lowest BCUT2D eigenvalue weighted by Gasteiger charge is -2.36. The molecule has 26 heavy (non-hydrogen) atoms. The number of amides is 1. The number of nitrogen functional groups attached to an aromatic ring is 1. The van der Waals surface area contributed by atoms with Crippen molar-refractivity contribution in [3.05, 3.63) is 28.9 Å². The summed E-state index contributed by atoms with van der Waals surface area (Å²) >= 11 is 6.37. The second-order valence-electron chi connectivity index (χ2n) is 7.50. The van der Waals surface area contributed by atoms with Gasteiger partial charge in [0.15, 0.2) is 0 Å². The van der Waals surface area contributed by atoms with Gasteiger partial charge in [0.1, 0.15) is 11.8 Å². The summed E-state index contributed by atoms with van der Waals surface area (Å²) < 4.78 is 20.2. The average Bonchev–Trinajstić information content (AvgIpc) is 2.53. The van der Waals surface area contributed by atoms with E-state index >= 15 is 0 Å². The maximum Gasteiger partial charge on any atom is 0.410 e. The molecule has 1 fully saturated rings. The SMILES string of the molecule is CC(C)(C)OC(=O)N1CCC(c2cc3nc(N)ncc3cc2Cl)C(F)C1. The summed E-state index contributed by atoms with van der Waals surface area (Å²) in [7, 11) is 0. The van der Waals surface area contributed by atoms with Gasteiger partial charge in [-0.2, -0.15) is 0 Å². The number of nitrogens with zero attached hydrogens (tertiary/aromatic N) is 3. The van der Waals surface area contributed by atoms with Crippen LogP contribution in [0.5, 0.6) is 0 Å². The number of nitrogens with two attached hydrogens (primary N) is 1. The van der Waals surface area contributed by atoms with Crippen molar-refractivity contribution >= 4 is 34.5 Å². The Morgan fingerprint density at radius 1 is 1.42 bits per heavy atom. The molecule has 1 aromatic carbocycles. The van der Waals surface area contributed by atoms with E-state index in [0.717, 1.165) is 5.39 Å². The number of likely N-dealkylation sites (tertiary alicyclic amines) is 1. The maximum absolute atomic E-state index is 14.9. The van der Waals surface area contributed by atoms with Crippen LogP contribution in [0.15, 0.2) is 18.3 Å². The van der Waals surface area contributed by atoms with E-state index in [4.69, 9.17) is 22.1 Å². The molecular weight excluding hydrogens is 359 g/mol. The number of carbonyl (C=O) groups excluding carboxylic acids is 1. The number of hydrogen-bond donors (Lipinski definition) is 1. The number of anilines is 1. The molecule has 1 aliphatic rings. The van der Waals surface area contributed by atoms with Crippen molar-refractivity contribution in [2.24, 2.45) is 0 Å². The number of rotatable bonds is 1. The molecule has 0 radical (unpaired) electrons. The number of benzene rings is 1. The molecule has 2 aromatic rings. The fraction of sp³-hybridized carbons (Fsp3) is 0.500. The monoisotopic (exact) mass is 380 g/mol. The number of carbonyl (C=O) groups is 1. The van der Waals surface area contributed by atoms with E-state index in [1.807, 2.05) is 0 Å². The zero-order valence-corrected chi connectivity index (χ0v) is 15.8. The Hall–Kier alpha value is -2.15. The fourth-order valence-corrected chi connectivity index (χ4v) is 3.43. The van der Waals surface area contributed by atoms with Crippen molar-refractivity contribution in [2.45, 2.75) is 44.9 Å². The first kappa shape index (κ1) is 18.6. The molecule has 6 nitrogen and oxygen atoms in total. The Morgan fingerprint density at radius 2 is 2.15 bits per heavy atom. The van der Waals surface area contributed by atoms with Crippen molar-refractivity contribution in [2.75, 3.05) is 18.8 Å². The maximum atomic E-state index is 14.9. The molecule has 0 aliphatic carbocycles. The highest BCUT2D eigenvalue weighted by Gasteiger charge is 2.35. The average molecular weight is 381 g/mol. The van der Waals surface area contributed by atoms with E-state index in [-0.39, 0.29) is 12.5 Å². The molecule has 0 bridgehead atoms. The van der Waals surface area contributed by atoms with Crippen molar-refractivity contribution < 1.29 is 13.9 Å². The van der Waals surface area contributed by atoms with Crippen LogP contribution in [-0.4, -0.2) is 45.8 Å². The van der Waals surface area contributed by atoms with Crippen LogP contribution in [-0.2, 0) is 4.74 Å². The zero-order valence-electron chi connectivity index (χ0n) is 15.0. The van der Waals surface area contributed by atoms with Crippen molar-refractivity contribution in [1.82, 2.24) is 14.9 Å². The summed E-state index contributed by atoms with van der Waals surface area (Å²) in [4.78, 5) is 21.7. The number of aromatic nitrogens is 2. The van der Waals surface area contributed by atoms with Gasteiger partial charge in [0.2, 0.25) is 5.95 Å². The Balaban J connectivity index is 1.80. The molecule has 2 heterocycles. The fourth-order valence-electron chi connectivity index (χ4n) is 3.11. The second kappa shape index (κ2) is 6.87. The summed E-state index contributed by atoms with van der Waals surface area (Å²) in [5.41, 5.74) is 6.32. The summed E-state index contributed by atoms with van der Waals surface area (Å²) in [6.45, 7) is 5.73. The van der Waals surface area contributed by atoms with Crippen LogP contribution in [0.4, 0.5) is 15.1 Å². The van der Waals surface area contributed by atoms with Crippen LogP contribution in [0.3, 0.4) is 0 Å². The predicted molar refractivity (Wildman–Crippen MR) is 99.0 cm³/mol. The summed E-state index contributed by atoms with van der Waals surface area (Å²) in [5.74, 6) is -0.260. The molecule has 1 saturated heterocycles. The standard InChI is InChI=1S/C18H22ClFN4O2/c1-18(2,3)26-17(25)24-5-4-11(14(20)9-24)12-7-15-10(6-13(12)19)8-22-16(21)23-15/h6-8,11,14H,4-5,9H2,1-3H3,(H2,21,22,23). The molecule has 2 unspecified atom stereocenters. The van der Waals surface area contributed by atoms with E-state index in [2.05, 4.69) is 9.97 Å². The van der Waals surface area contributed by atoms with Gasteiger partial charge in [-0.05, 0) is 44.9 Å². The minimum absolute atomic E-state index is 0.0279. The zero-order chi connectivity index (χ0) is 19.1. The minimum Gasteiger partial charge on any atom is -0.444 e. The summed E-state index contributed by atoms with van der Waals surface area (Å²) in [5, 5.41) is 1.21. The van der Waals surface area contributed by atoms with Crippen molar-refractivity contribution in [3.8, 4) is 0 Å². The van der Waals surface area contributed by atoms with Crippen LogP contribution >= 0.6 is 11.6 Å². The largest absolute Gasteiger partial charge is 0.444 e. The number of halogens is 2. The van der Waals surface area contributed by atoms with E-state index < -0.39 is 23.8 Å². The molecule has 0 saturated carbocycles. The molecule has 1 aromatic heterocycles. The lowest BCUT2D eigenvalue weighted by atomic mass is 9.87. The van der Waals surface area contributed by atoms with Crippen molar-refractivity contribution in [1.29, 1.82) is 0 Å². The van der Waals surface area contributed by atoms with Crippen LogP contribution in [0, 0.1) is 0 Å². The first-order valence-corrected chi connectivity index (χ1v) is 8.85. The molecule has 1 amide bonds. The Bertz CT molecular complexity index is 840. The first-order chi connectivity index (χ1) is 12.1. The third-order valence-electron chi connectivity index (χ3n) is 4.31. The van der Waals surface area contributed by atoms with E-state index in [1.54, 1.807) is 39.1 Å². The lowest BCUT2D eigenvalue weighted by Crippen LogP contribution is -2.46. The number of hydrogen-bond acceptors (Lipinski definition) is 5. The highest BCUT2D eigenvalue weighted by molar-refractivity contribution is 6.32. The van der Waals surface area contributed by atoms with Gasteiger partial charge in [-0.1, -0.05) is 11.6 Å². The Kier molecular flexibility index (Phi) is 4.92. The van der Waals surface area contributed by atoms with Crippen molar-refractivity contribution in [3.63, 3.8) is 0 Å². The predicted octanol–water partition coefficient (Wildman–Crippen LogP) is 3.93. The Labute approximate surface area is 156 Å². The molecule has 2 atom stereocenters. The van der Waals surface area contributed by atoms with E-state index in [9.17, 15) is 9.18 Å². The molecule has 2 N–H and O–H groups in total. The van der Waals surface area contributed by atoms with Crippen LogP contribution in [0.1, 0.15) is 38.7 Å². The summed E-state index contributed by atoms with van der Waals surface area (Å²) in [6, 6.07) is 3.48. The molecule has 3 rings (SSSR count). The summed E-state index contributed by atoms with van der Waals surface area (Å²) in [6.07, 6.45) is 0.298. The van der Waals surface area contributed by atoms with Gasteiger partial charge in [-0.25, -0.2) is 19.2 Å². The van der Waals surface area contributed by atoms with Gasteiger partial charge < -0.3 is 15.4 Å². The quantitative estimate of drug-likeness (QED) is 0.810. The van der Waals surface area contributed by atoms with Gasteiger partial charge in [-0.15, -0.1) is 0 Å². The van der Waals surface area contributed by atoms with Gasteiger partial charge in [0, 0.05) is 29.1 Å². The number of piperidine rings is 1. The minimum atomic E-state index is -1.24. The topological polar surface area (TPSA) is 81.3 Å². The van der Waals surface area contributed by atoms with E-state index in [1.165, 1.54) is 4.90 Å². The Morgan fingerprint density at radius 3 is 2.81 bits per heavy atom. The third kappa shape index (κ3) is 3.98. The van der Waals surface area contributed by atoms with Gasteiger partial charge >= 0.3 is 6.09 Å². The molecule has 8 heteroatoms. The van der Waals surface area contributed by atoms with Gasteiger partial charge in [0.05, 0.1) is 12.1 Å². The number of ether oxygens (including phenoxy) is 1. The molecule has 1 aliphatic heterocycles. The van der Waals surface area contributed by atoms with Gasteiger partial charge in [0.25, 0.3) is 0 Å². The third-order valence-corrected chi connectivity index (χ3v) is 4.64. The van der Waals surface area contributed by atoms with Crippen LogP contribution < -0.4 is 5.73 Å². The highest BCUT2D eigenvalue weighted by Crippen LogP contribution is 2.37. The molecule has 140 valence electrons. The van der Waals surface area contributed by atoms with E-state index in [0.29, 0.717) is 29.1 Å². The lowest BCUT2D eigenvalue weighted by molar-refractivity contribution is 0.0111. The second-order valence-corrected chi connectivity index (χ2v) is 7.91.